The molecule has 6 heteroatoms. The number of carbonyl (C=O) groups excluding carboxylic acids is 1. The van der Waals surface area contributed by atoms with E-state index in [1.807, 2.05) is 0 Å². The van der Waals surface area contributed by atoms with Crippen molar-refractivity contribution in [2.75, 3.05) is 14.1 Å². The molecule has 1 rings (SSSR count). The van der Waals surface area contributed by atoms with Gasteiger partial charge in [0.2, 0.25) is 5.60 Å². The topological polar surface area (TPSA) is 79.5 Å². The maximum Gasteiger partial charge on any atom is 0.266 e. The van der Waals surface area contributed by atoms with E-state index in [1.54, 1.807) is 32.1 Å². The van der Waals surface area contributed by atoms with Gasteiger partial charge in [-0.15, -0.1) is 0 Å². The van der Waals surface area contributed by atoms with E-state index >= 15 is 0 Å². The van der Waals surface area contributed by atoms with Crippen molar-refractivity contribution in [2.24, 2.45) is 0 Å². The number of hydrogen-bond acceptors (Lipinski definition) is 6. The van der Waals surface area contributed by atoms with Crippen LogP contribution in [0.15, 0.2) is 16.8 Å². The number of ketones is 1. The molecule has 1 heterocycles. The number of carbonyl (C=O) groups is 1. The Morgan fingerprint density at radius 3 is 2.62 bits per heavy atom. The minimum absolute atomic E-state index is 0.0987. The predicted molar refractivity (Wildman–Crippen MR) is 56.4 cm³/mol. The quantitative estimate of drug-likeness (QED) is 0.739. The normalized spacial score (nSPS) is 15.1. The average molecular weight is 225 g/mol. The molecule has 1 unspecified atom stereocenters. The lowest BCUT2D eigenvalue weighted by Gasteiger charge is -2.14. The smallest absolute Gasteiger partial charge is 0.266 e. The van der Waals surface area contributed by atoms with Crippen molar-refractivity contribution < 1.29 is 14.4 Å². The highest BCUT2D eigenvalue weighted by molar-refractivity contribution is 5.96. The summed E-state index contributed by atoms with van der Waals surface area (Å²) < 4.78 is 4.78. The third-order valence-electron chi connectivity index (χ3n) is 1.95. The van der Waals surface area contributed by atoms with Crippen LogP contribution in [0.4, 0.5) is 0 Å². The van der Waals surface area contributed by atoms with Gasteiger partial charge < -0.3 is 14.5 Å². The molecule has 0 aliphatic rings. The van der Waals surface area contributed by atoms with E-state index in [0.717, 1.165) is 0 Å². The lowest BCUT2D eigenvalue weighted by molar-refractivity contribution is -0.133. The first-order valence-electron chi connectivity index (χ1n) is 4.76. The van der Waals surface area contributed by atoms with Crippen molar-refractivity contribution in [3.63, 3.8) is 0 Å². The van der Waals surface area contributed by atoms with E-state index in [4.69, 9.17) is 4.52 Å². The first kappa shape index (κ1) is 12.4. The molecule has 88 valence electrons. The summed E-state index contributed by atoms with van der Waals surface area (Å²) in [4.78, 5) is 17.2. The summed E-state index contributed by atoms with van der Waals surface area (Å²) >= 11 is 0. The standard InChI is InChI=1S/C10H15N3O3/c1-7-11-9(16-12-7)10(2,15)8(14)5-6-13(3)4/h5-6,15H,1-4H3. The van der Waals surface area contributed by atoms with Crippen molar-refractivity contribution >= 4 is 5.78 Å². The average Bonchev–Trinajstić information content (AvgIpc) is 2.61. The zero-order valence-corrected chi connectivity index (χ0v) is 9.76. The molecule has 0 spiro atoms. The molecule has 1 N–H and O–H groups in total. The first-order chi connectivity index (χ1) is 7.34. The van der Waals surface area contributed by atoms with E-state index in [9.17, 15) is 9.90 Å². The molecule has 16 heavy (non-hydrogen) atoms. The second kappa shape index (κ2) is 4.44. The molecular formula is C10H15N3O3. The zero-order valence-electron chi connectivity index (χ0n) is 9.76. The Morgan fingerprint density at radius 2 is 2.19 bits per heavy atom. The van der Waals surface area contributed by atoms with Crippen LogP contribution in [0.25, 0.3) is 0 Å². The Morgan fingerprint density at radius 1 is 1.56 bits per heavy atom. The highest BCUT2D eigenvalue weighted by atomic mass is 16.5. The molecule has 1 aromatic rings. The van der Waals surface area contributed by atoms with Crippen molar-refractivity contribution in [2.45, 2.75) is 19.4 Å². The molecule has 0 fully saturated rings. The third kappa shape index (κ3) is 2.66. The van der Waals surface area contributed by atoms with Crippen LogP contribution in [0, 0.1) is 6.92 Å². The van der Waals surface area contributed by atoms with Crippen molar-refractivity contribution in [3.8, 4) is 0 Å². The van der Waals surface area contributed by atoms with Gasteiger partial charge in [0.05, 0.1) is 0 Å². The Hall–Kier alpha value is -1.69. The molecule has 1 atom stereocenters. The molecule has 0 saturated carbocycles. The van der Waals surface area contributed by atoms with Gasteiger partial charge >= 0.3 is 0 Å². The molecule has 0 aliphatic carbocycles. The van der Waals surface area contributed by atoms with Gasteiger partial charge in [-0.3, -0.25) is 4.79 Å². The predicted octanol–water partition coefficient (Wildman–Crippen LogP) is 0.230. The van der Waals surface area contributed by atoms with Crippen LogP contribution in [0.3, 0.4) is 0 Å². The Bertz CT molecular complexity index is 407. The van der Waals surface area contributed by atoms with Gasteiger partial charge in [0, 0.05) is 26.4 Å². The summed E-state index contributed by atoms with van der Waals surface area (Å²) in [5.74, 6) is -0.233. The molecule has 0 bridgehead atoms. The second-order valence-corrected chi connectivity index (χ2v) is 3.86. The van der Waals surface area contributed by atoms with Gasteiger partial charge in [-0.1, -0.05) is 5.16 Å². The van der Waals surface area contributed by atoms with Crippen LogP contribution in [0.1, 0.15) is 18.6 Å². The van der Waals surface area contributed by atoms with Gasteiger partial charge in [-0.2, -0.15) is 4.98 Å². The fourth-order valence-electron chi connectivity index (χ4n) is 0.979. The summed E-state index contributed by atoms with van der Waals surface area (Å²) in [6.45, 7) is 2.94. The van der Waals surface area contributed by atoms with Crippen LogP contribution in [-0.2, 0) is 10.4 Å². The summed E-state index contributed by atoms with van der Waals surface area (Å²) in [6.07, 6.45) is 2.81. The highest BCUT2D eigenvalue weighted by Gasteiger charge is 2.36. The van der Waals surface area contributed by atoms with E-state index < -0.39 is 11.4 Å². The van der Waals surface area contributed by atoms with Gasteiger partial charge in [0.15, 0.2) is 11.6 Å². The van der Waals surface area contributed by atoms with Gasteiger partial charge in [-0.25, -0.2) is 0 Å². The summed E-state index contributed by atoms with van der Waals surface area (Å²) in [5, 5.41) is 13.5. The summed E-state index contributed by atoms with van der Waals surface area (Å²) in [6, 6.07) is 0. The largest absolute Gasteiger partial charge is 0.383 e. The Balaban J connectivity index is 2.89. The minimum Gasteiger partial charge on any atom is -0.383 e. The van der Waals surface area contributed by atoms with Crippen LogP contribution < -0.4 is 0 Å². The van der Waals surface area contributed by atoms with E-state index in [2.05, 4.69) is 10.1 Å². The van der Waals surface area contributed by atoms with E-state index in [0.29, 0.717) is 5.82 Å². The molecule has 0 aromatic carbocycles. The Labute approximate surface area is 93.6 Å². The molecule has 6 nitrogen and oxygen atoms in total. The van der Waals surface area contributed by atoms with Gasteiger partial charge in [-0.05, 0) is 13.8 Å². The van der Waals surface area contributed by atoms with Crippen LogP contribution >= 0.6 is 0 Å². The maximum absolute atomic E-state index is 11.7. The second-order valence-electron chi connectivity index (χ2n) is 3.86. The monoisotopic (exact) mass is 225 g/mol. The van der Waals surface area contributed by atoms with Crippen LogP contribution in [0.2, 0.25) is 0 Å². The number of aryl methyl sites for hydroxylation is 1. The number of aliphatic hydroxyl groups is 1. The molecule has 0 saturated heterocycles. The van der Waals surface area contributed by atoms with E-state index in [-0.39, 0.29) is 5.89 Å². The molecular weight excluding hydrogens is 210 g/mol. The summed E-state index contributed by atoms with van der Waals surface area (Å²) in [7, 11) is 3.55. The fourth-order valence-corrected chi connectivity index (χ4v) is 0.979. The highest BCUT2D eigenvalue weighted by Crippen LogP contribution is 2.20. The molecule has 1 aromatic heterocycles. The summed E-state index contributed by atoms with van der Waals surface area (Å²) in [5.41, 5.74) is -1.78. The number of aromatic nitrogens is 2. The maximum atomic E-state index is 11.7. The van der Waals surface area contributed by atoms with Crippen molar-refractivity contribution in [3.05, 3.63) is 24.0 Å². The van der Waals surface area contributed by atoms with Crippen LogP contribution in [-0.4, -0.2) is 40.0 Å². The first-order valence-corrected chi connectivity index (χ1v) is 4.76. The minimum atomic E-state index is -1.78. The number of rotatable bonds is 4. The fraction of sp³-hybridized carbons (Fsp3) is 0.500. The molecule has 0 radical (unpaired) electrons. The van der Waals surface area contributed by atoms with E-state index in [1.165, 1.54) is 13.0 Å². The zero-order chi connectivity index (χ0) is 12.3. The van der Waals surface area contributed by atoms with Crippen molar-refractivity contribution in [1.29, 1.82) is 0 Å². The number of nitrogens with zero attached hydrogens (tertiary/aromatic N) is 3. The molecule has 0 aliphatic heterocycles. The molecule has 0 amide bonds. The van der Waals surface area contributed by atoms with Gasteiger partial charge in [0.1, 0.15) is 0 Å². The van der Waals surface area contributed by atoms with Crippen molar-refractivity contribution in [1.82, 2.24) is 15.0 Å². The van der Waals surface area contributed by atoms with Crippen LogP contribution in [0.5, 0.6) is 0 Å². The SMILES string of the molecule is Cc1noc(C(C)(O)C(=O)C=CN(C)C)n1. The Kier molecular flexibility index (Phi) is 3.44. The van der Waals surface area contributed by atoms with Gasteiger partial charge in [0.25, 0.3) is 5.89 Å². The third-order valence-corrected chi connectivity index (χ3v) is 1.95. The lowest BCUT2D eigenvalue weighted by atomic mass is 10.0. The number of hydrogen-bond donors (Lipinski definition) is 1. The lowest BCUT2D eigenvalue weighted by Crippen LogP contribution is -2.31.